The minimum Gasteiger partial charge on any atom is -0.347 e. The van der Waals surface area contributed by atoms with Gasteiger partial charge in [0.15, 0.2) is 0 Å². The number of hydrogen-bond donors (Lipinski definition) is 1. The third kappa shape index (κ3) is 3.65. The molecule has 0 spiro atoms. The third-order valence-corrected chi connectivity index (χ3v) is 5.90. The van der Waals surface area contributed by atoms with Crippen LogP contribution in [0.15, 0.2) is 42.6 Å². The van der Waals surface area contributed by atoms with E-state index in [2.05, 4.69) is 46.4 Å². The molecule has 2 aliphatic heterocycles. The van der Waals surface area contributed by atoms with Gasteiger partial charge in [0.25, 0.3) is 5.91 Å². The number of nitrogens with one attached hydrogen (secondary N) is 1. The van der Waals surface area contributed by atoms with E-state index < -0.39 is 0 Å². The maximum atomic E-state index is 12.4. The number of aromatic nitrogens is 1. The van der Waals surface area contributed by atoms with E-state index in [4.69, 9.17) is 0 Å². The second kappa shape index (κ2) is 7.58. The summed E-state index contributed by atoms with van der Waals surface area (Å²) < 4.78 is 0. The number of likely N-dealkylation sites (tertiary alicyclic amines) is 1. The fraction of sp³-hybridized carbons (Fsp3) is 0.455. The van der Waals surface area contributed by atoms with E-state index in [0.717, 1.165) is 38.0 Å². The van der Waals surface area contributed by atoms with E-state index in [-0.39, 0.29) is 11.9 Å². The van der Waals surface area contributed by atoms with E-state index in [0.29, 0.717) is 11.6 Å². The van der Waals surface area contributed by atoms with Crippen molar-refractivity contribution in [2.24, 2.45) is 0 Å². The second-order valence-electron chi connectivity index (χ2n) is 7.65. The van der Waals surface area contributed by atoms with Gasteiger partial charge < -0.3 is 10.2 Å². The molecule has 0 saturated carbocycles. The summed E-state index contributed by atoms with van der Waals surface area (Å²) in [6.07, 6.45) is 6.02. The normalized spacial score (nSPS) is 21.7. The Balaban J connectivity index is 1.34. The number of fused-ring (bicyclic) bond motifs is 1. The van der Waals surface area contributed by atoms with Crippen LogP contribution in [0, 0.1) is 6.92 Å². The molecule has 1 fully saturated rings. The van der Waals surface area contributed by atoms with Crippen LogP contribution >= 0.6 is 0 Å². The molecule has 0 radical (unpaired) electrons. The van der Waals surface area contributed by atoms with Crippen molar-refractivity contribution in [2.75, 3.05) is 19.6 Å². The maximum Gasteiger partial charge on any atom is 0.270 e. The molecular weight excluding hydrogens is 322 g/mol. The number of hydrogen-bond acceptors (Lipinski definition) is 3. The van der Waals surface area contributed by atoms with E-state index in [1.165, 1.54) is 24.0 Å². The van der Waals surface area contributed by atoms with Gasteiger partial charge in [0.2, 0.25) is 0 Å². The summed E-state index contributed by atoms with van der Waals surface area (Å²) in [5.74, 6) is 0.655. The smallest absolute Gasteiger partial charge is 0.270 e. The average molecular weight is 349 g/mol. The first kappa shape index (κ1) is 17.2. The first-order chi connectivity index (χ1) is 12.7. The number of pyridine rings is 1. The van der Waals surface area contributed by atoms with Crippen LogP contribution in [-0.4, -0.2) is 41.5 Å². The summed E-state index contributed by atoms with van der Waals surface area (Å²) in [5.41, 5.74) is 4.60. The fourth-order valence-corrected chi connectivity index (χ4v) is 4.42. The number of carbonyl (C=O) groups is 1. The summed E-state index contributed by atoms with van der Waals surface area (Å²) in [6.45, 7) is 5.38. The Kier molecular flexibility index (Phi) is 5.02. The first-order valence-corrected chi connectivity index (χ1v) is 9.73. The molecule has 4 nitrogen and oxygen atoms in total. The number of carbonyl (C=O) groups excluding carboxylic acids is 1. The average Bonchev–Trinajstić information content (AvgIpc) is 2.82. The lowest BCUT2D eigenvalue weighted by atomic mass is 9.87. The molecule has 1 amide bonds. The standard InChI is InChI=1S/C22H27N3O/c1-16-5-2-3-7-20(16)17-10-13-25(14-11-17)15-19-9-8-18-6-4-12-23-21(18)22(26)24-19/h2-7,12,17,19H,8-11,13-15H2,1H3,(H,24,26)/t19-/m0/s1. The Morgan fingerprint density at radius 3 is 2.73 bits per heavy atom. The van der Waals surface area contributed by atoms with Crippen LogP contribution in [0.1, 0.15) is 52.4 Å². The maximum absolute atomic E-state index is 12.4. The number of benzene rings is 1. The van der Waals surface area contributed by atoms with Crippen molar-refractivity contribution < 1.29 is 4.79 Å². The highest BCUT2D eigenvalue weighted by Gasteiger charge is 2.27. The zero-order valence-electron chi connectivity index (χ0n) is 15.4. The van der Waals surface area contributed by atoms with Crippen molar-refractivity contribution in [1.29, 1.82) is 0 Å². The summed E-state index contributed by atoms with van der Waals surface area (Å²) in [5, 5.41) is 3.19. The topological polar surface area (TPSA) is 45.2 Å². The van der Waals surface area contributed by atoms with Gasteiger partial charge in [0.1, 0.15) is 5.69 Å². The molecule has 1 aromatic heterocycles. The van der Waals surface area contributed by atoms with Crippen LogP contribution in [0.5, 0.6) is 0 Å². The molecule has 4 heteroatoms. The van der Waals surface area contributed by atoms with Crippen LogP contribution in [0.25, 0.3) is 0 Å². The van der Waals surface area contributed by atoms with E-state index >= 15 is 0 Å². The highest BCUT2D eigenvalue weighted by molar-refractivity contribution is 5.94. The largest absolute Gasteiger partial charge is 0.347 e. The Bertz CT molecular complexity index is 780. The van der Waals surface area contributed by atoms with Crippen molar-refractivity contribution >= 4 is 5.91 Å². The van der Waals surface area contributed by atoms with Gasteiger partial charge in [0.05, 0.1) is 0 Å². The third-order valence-electron chi connectivity index (χ3n) is 5.90. The number of piperidine rings is 1. The number of amides is 1. The molecule has 26 heavy (non-hydrogen) atoms. The molecular formula is C22H27N3O. The SMILES string of the molecule is Cc1ccccc1C1CCN(C[C@@H]2CCc3cccnc3C(=O)N2)CC1. The molecule has 1 aromatic carbocycles. The first-order valence-electron chi connectivity index (χ1n) is 9.73. The van der Waals surface area contributed by atoms with Gasteiger partial charge in [-0.25, -0.2) is 0 Å². The van der Waals surface area contributed by atoms with Crippen LogP contribution < -0.4 is 5.32 Å². The van der Waals surface area contributed by atoms with E-state index in [1.54, 1.807) is 6.20 Å². The zero-order valence-corrected chi connectivity index (χ0v) is 15.4. The van der Waals surface area contributed by atoms with E-state index in [1.807, 2.05) is 12.1 Å². The second-order valence-corrected chi connectivity index (χ2v) is 7.65. The molecule has 1 saturated heterocycles. The molecule has 0 bridgehead atoms. The minimum atomic E-state index is -0.0158. The van der Waals surface area contributed by atoms with Crippen LogP contribution in [0.2, 0.25) is 0 Å². The quantitative estimate of drug-likeness (QED) is 0.925. The molecule has 2 aromatic rings. The Morgan fingerprint density at radius 2 is 1.92 bits per heavy atom. The van der Waals surface area contributed by atoms with Gasteiger partial charge in [-0.05, 0) is 74.4 Å². The monoisotopic (exact) mass is 349 g/mol. The van der Waals surface area contributed by atoms with Crippen LogP contribution in [0.4, 0.5) is 0 Å². The molecule has 1 atom stereocenters. The number of rotatable bonds is 3. The van der Waals surface area contributed by atoms with Crippen molar-refractivity contribution in [1.82, 2.24) is 15.2 Å². The fourth-order valence-electron chi connectivity index (χ4n) is 4.42. The Hall–Kier alpha value is -2.20. The minimum absolute atomic E-state index is 0.0158. The van der Waals surface area contributed by atoms with Gasteiger partial charge in [-0.15, -0.1) is 0 Å². The van der Waals surface area contributed by atoms with Crippen LogP contribution in [0.3, 0.4) is 0 Å². The van der Waals surface area contributed by atoms with Gasteiger partial charge in [-0.1, -0.05) is 30.3 Å². The van der Waals surface area contributed by atoms with Gasteiger partial charge in [0, 0.05) is 18.8 Å². The molecule has 0 aliphatic carbocycles. The molecule has 4 rings (SSSR count). The highest BCUT2D eigenvalue weighted by atomic mass is 16.2. The molecule has 3 heterocycles. The van der Waals surface area contributed by atoms with Crippen molar-refractivity contribution in [3.63, 3.8) is 0 Å². The zero-order chi connectivity index (χ0) is 17.9. The number of nitrogens with zero attached hydrogens (tertiary/aromatic N) is 2. The summed E-state index contributed by atoms with van der Waals surface area (Å²) >= 11 is 0. The van der Waals surface area contributed by atoms with Crippen LogP contribution in [-0.2, 0) is 6.42 Å². The molecule has 2 aliphatic rings. The molecule has 0 unspecified atom stereocenters. The predicted molar refractivity (Wildman–Crippen MR) is 103 cm³/mol. The predicted octanol–water partition coefficient (Wildman–Crippen LogP) is 3.31. The van der Waals surface area contributed by atoms with Crippen molar-refractivity contribution in [2.45, 2.75) is 44.6 Å². The van der Waals surface area contributed by atoms with Gasteiger partial charge in [-0.3, -0.25) is 9.78 Å². The summed E-state index contributed by atoms with van der Waals surface area (Å²) in [6, 6.07) is 12.9. The Labute approximate surface area is 155 Å². The van der Waals surface area contributed by atoms with Gasteiger partial charge in [-0.2, -0.15) is 0 Å². The van der Waals surface area contributed by atoms with Gasteiger partial charge >= 0.3 is 0 Å². The molecule has 136 valence electrons. The lowest BCUT2D eigenvalue weighted by Crippen LogP contribution is -2.45. The summed E-state index contributed by atoms with van der Waals surface area (Å²) in [4.78, 5) is 19.2. The lowest BCUT2D eigenvalue weighted by molar-refractivity contribution is 0.0917. The van der Waals surface area contributed by atoms with Crippen molar-refractivity contribution in [3.8, 4) is 0 Å². The number of aryl methyl sites for hydroxylation is 2. The summed E-state index contributed by atoms with van der Waals surface area (Å²) in [7, 11) is 0. The lowest BCUT2D eigenvalue weighted by Gasteiger charge is -2.34. The van der Waals surface area contributed by atoms with Crippen molar-refractivity contribution in [3.05, 3.63) is 65.0 Å². The molecule has 1 N–H and O–H groups in total. The highest BCUT2D eigenvalue weighted by Crippen LogP contribution is 2.30. The Morgan fingerprint density at radius 1 is 1.12 bits per heavy atom. The van der Waals surface area contributed by atoms with E-state index in [9.17, 15) is 4.79 Å².